The molecule has 0 N–H and O–H groups in total. The Morgan fingerprint density at radius 3 is 2.92 bits per heavy atom. The van der Waals surface area contributed by atoms with Gasteiger partial charge in [-0.1, -0.05) is 29.3 Å². The Hall–Kier alpha value is -0.0500. The van der Waals surface area contributed by atoms with Crippen molar-refractivity contribution in [3.8, 4) is 0 Å². The second kappa shape index (κ2) is 4.85. The van der Waals surface area contributed by atoms with Crippen LogP contribution >= 0.6 is 15.9 Å². The lowest BCUT2D eigenvalue weighted by molar-refractivity contribution is -0.147. The highest BCUT2D eigenvalue weighted by molar-refractivity contribution is 9.09. The summed E-state index contributed by atoms with van der Waals surface area (Å²) in [5.41, 5.74) is 0. The summed E-state index contributed by atoms with van der Waals surface area (Å²) in [6.07, 6.45) is 4.74. The first-order valence-corrected chi connectivity index (χ1v) is 5.60. The summed E-state index contributed by atoms with van der Waals surface area (Å²) in [5.74, 6) is 0.584. The molecule has 0 radical (unpaired) electrons. The minimum atomic E-state index is -0.130. The molecule has 0 saturated heterocycles. The fourth-order valence-corrected chi connectivity index (χ4v) is 1.84. The van der Waals surface area contributed by atoms with Crippen molar-refractivity contribution in [1.82, 2.24) is 0 Å². The second-order valence-electron chi connectivity index (χ2n) is 3.52. The van der Waals surface area contributed by atoms with Crippen molar-refractivity contribution in [3.63, 3.8) is 0 Å². The van der Waals surface area contributed by atoms with Gasteiger partial charge in [0.05, 0.1) is 0 Å². The number of ether oxygens (including phenoxy) is 1. The molecule has 1 rings (SSSR count). The van der Waals surface area contributed by atoms with Crippen molar-refractivity contribution in [2.45, 2.75) is 38.7 Å². The Balaban J connectivity index is 2.27. The summed E-state index contributed by atoms with van der Waals surface area (Å²) in [6, 6.07) is 0. The number of carbonyl (C=O) groups excluding carboxylic acids is 1. The Morgan fingerprint density at radius 2 is 2.33 bits per heavy atom. The predicted molar refractivity (Wildman–Crippen MR) is 51.3 cm³/mol. The molecule has 0 aromatic rings. The minimum absolute atomic E-state index is 0.130. The van der Waals surface area contributed by atoms with E-state index in [0.717, 1.165) is 12.8 Å². The quantitative estimate of drug-likeness (QED) is 0.543. The van der Waals surface area contributed by atoms with E-state index in [1.54, 1.807) is 0 Å². The van der Waals surface area contributed by atoms with E-state index in [4.69, 9.17) is 4.74 Å². The molecule has 1 aliphatic carbocycles. The molecule has 0 bridgehead atoms. The zero-order chi connectivity index (χ0) is 8.97. The second-order valence-corrected chi connectivity index (χ2v) is 4.08. The highest BCUT2D eigenvalue weighted by Crippen LogP contribution is 2.25. The van der Waals surface area contributed by atoms with Gasteiger partial charge in [-0.15, -0.1) is 0 Å². The molecule has 0 aliphatic heterocycles. The average molecular weight is 235 g/mol. The van der Waals surface area contributed by atoms with Crippen molar-refractivity contribution >= 4 is 21.9 Å². The monoisotopic (exact) mass is 234 g/mol. The summed E-state index contributed by atoms with van der Waals surface area (Å²) in [5, 5.41) is 0.317. The van der Waals surface area contributed by atoms with Gasteiger partial charge in [0.2, 0.25) is 0 Å². The summed E-state index contributed by atoms with van der Waals surface area (Å²) < 4.78 is 5.23. The molecule has 0 aromatic heterocycles. The van der Waals surface area contributed by atoms with Gasteiger partial charge in [-0.25, -0.2) is 0 Å². The molecule has 1 saturated carbocycles. The molecule has 70 valence electrons. The van der Waals surface area contributed by atoms with E-state index in [9.17, 15) is 4.79 Å². The molecule has 2 nitrogen and oxygen atoms in total. The molecule has 0 amide bonds. The Kier molecular flexibility index (Phi) is 4.06. The zero-order valence-electron chi connectivity index (χ0n) is 7.38. The van der Waals surface area contributed by atoms with Crippen LogP contribution in [0.2, 0.25) is 0 Å². The highest BCUT2D eigenvalue weighted by atomic mass is 79.9. The van der Waals surface area contributed by atoms with Gasteiger partial charge in [0.1, 0.15) is 11.4 Å². The standard InChI is InChI=1S/C9H15BrO2/c1-7-3-2-4-8(5-7)12-9(11)6-10/h7-8H,2-6H2,1H3. The lowest BCUT2D eigenvalue weighted by Crippen LogP contribution is -2.24. The van der Waals surface area contributed by atoms with Gasteiger partial charge >= 0.3 is 5.97 Å². The Bertz CT molecular complexity index is 159. The fraction of sp³-hybridized carbons (Fsp3) is 0.889. The molecule has 3 heteroatoms. The number of hydrogen-bond acceptors (Lipinski definition) is 2. The van der Waals surface area contributed by atoms with Crippen LogP contribution in [0.1, 0.15) is 32.6 Å². The first-order valence-electron chi connectivity index (χ1n) is 4.48. The van der Waals surface area contributed by atoms with E-state index in [1.807, 2.05) is 0 Å². The molecule has 0 spiro atoms. The predicted octanol–water partition coefficient (Wildman–Crippen LogP) is 2.50. The van der Waals surface area contributed by atoms with Crippen molar-refractivity contribution < 1.29 is 9.53 Å². The number of rotatable bonds is 2. The largest absolute Gasteiger partial charge is 0.462 e. The summed E-state index contributed by atoms with van der Waals surface area (Å²) >= 11 is 3.08. The smallest absolute Gasteiger partial charge is 0.316 e. The molecule has 0 heterocycles. The maximum Gasteiger partial charge on any atom is 0.316 e. The van der Waals surface area contributed by atoms with E-state index in [-0.39, 0.29) is 12.1 Å². The first kappa shape index (κ1) is 10.0. The van der Waals surface area contributed by atoms with Crippen molar-refractivity contribution in [3.05, 3.63) is 0 Å². The van der Waals surface area contributed by atoms with Gasteiger partial charge in [-0.05, 0) is 25.2 Å². The van der Waals surface area contributed by atoms with Crippen LogP contribution in [0.5, 0.6) is 0 Å². The van der Waals surface area contributed by atoms with Crippen LogP contribution in [0.25, 0.3) is 0 Å². The lowest BCUT2D eigenvalue weighted by Gasteiger charge is -2.26. The summed E-state index contributed by atoms with van der Waals surface area (Å²) in [6.45, 7) is 2.22. The third kappa shape index (κ3) is 3.13. The summed E-state index contributed by atoms with van der Waals surface area (Å²) in [4.78, 5) is 10.9. The zero-order valence-corrected chi connectivity index (χ0v) is 8.97. The number of carbonyl (C=O) groups is 1. The third-order valence-electron chi connectivity index (χ3n) is 2.30. The van der Waals surface area contributed by atoms with Crippen LogP contribution in [-0.2, 0) is 9.53 Å². The third-order valence-corrected chi connectivity index (χ3v) is 2.75. The number of alkyl halides is 1. The minimum Gasteiger partial charge on any atom is -0.462 e. The molecule has 0 aromatic carbocycles. The van der Waals surface area contributed by atoms with E-state index < -0.39 is 0 Å². The van der Waals surface area contributed by atoms with Crippen LogP contribution in [0.3, 0.4) is 0 Å². The summed E-state index contributed by atoms with van der Waals surface area (Å²) in [7, 11) is 0. The van der Waals surface area contributed by atoms with Gasteiger partial charge in [-0.2, -0.15) is 0 Å². The first-order chi connectivity index (χ1) is 5.72. The molecule has 2 atom stereocenters. The normalized spacial score (nSPS) is 29.8. The molecule has 1 fully saturated rings. The molecule has 12 heavy (non-hydrogen) atoms. The van der Waals surface area contributed by atoms with E-state index in [1.165, 1.54) is 12.8 Å². The van der Waals surface area contributed by atoms with E-state index in [2.05, 4.69) is 22.9 Å². The lowest BCUT2D eigenvalue weighted by atomic mass is 9.89. The fourth-order valence-electron chi connectivity index (χ4n) is 1.70. The highest BCUT2D eigenvalue weighted by Gasteiger charge is 2.21. The Morgan fingerprint density at radius 1 is 1.58 bits per heavy atom. The molecule has 2 unspecified atom stereocenters. The SMILES string of the molecule is CC1CCCC(OC(=O)CBr)C1. The van der Waals surface area contributed by atoms with Crippen LogP contribution in [0.15, 0.2) is 0 Å². The number of halogens is 1. The van der Waals surface area contributed by atoms with Gasteiger partial charge in [-0.3, -0.25) is 4.79 Å². The van der Waals surface area contributed by atoms with Crippen LogP contribution in [-0.4, -0.2) is 17.4 Å². The van der Waals surface area contributed by atoms with Gasteiger partial charge < -0.3 is 4.74 Å². The number of hydrogen-bond donors (Lipinski definition) is 0. The number of esters is 1. The van der Waals surface area contributed by atoms with E-state index in [0.29, 0.717) is 11.2 Å². The molecule has 1 aliphatic rings. The van der Waals surface area contributed by atoms with E-state index >= 15 is 0 Å². The van der Waals surface area contributed by atoms with Crippen molar-refractivity contribution in [2.24, 2.45) is 5.92 Å². The maximum absolute atomic E-state index is 10.9. The van der Waals surface area contributed by atoms with Crippen molar-refractivity contribution in [2.75, 3.05) is 5.33 Å². The van der Waals surface area contributed by atoms with Gasteiger partial charge in [0, 0.05) is 0 Å². The van der Waals surface area contributed by atoms with Crippen molar-refractivity contribution in [1.29, 1.82) is 0 Å². The molecular weight excluding hydrogens is 220 g/mol. The van der Waals surface area contributed by atoms with Crippen LogP contribution in [0.4, 0.5) is 0 Å². The van der Waals surface area contributed by atoms with Crippen LogP contribution < -0.4 is 0 Å². The van der Waals surface area contributed by atoms with Gasteiger partial charge in [0.25, 0.3) is 0 Å². The maximum atomic E-state index is 10.9. The van der Waals surface area contributed by atoms with Crippen LogP contribution in [0, 0.1) is 5.92 Å². The molecular formula is C9H15BrO2. The average Bonchev–Trinajstić information content (AvgIpc) is 2.04. The van der Waals surface area contributed by atoms with Gasteiger partial charge in [0.15, 0.2) is 0 Å². The Labute approximate surface area is 81.8 Å². The topological polar surface area (TPSA) is 26.3 Å².